The van der Waals surface area contributed by atoms with Gasteiger partial charge >= 0.3 is 5.97 Å². The molecule has 2 rings (SSSR count). The number of carbonyl (C=O) groups is 1. The average molecular weight is 222 g/mol. The number of aryl methyl sites for hydroxylation is 1. The molecule has 1 aromatic heterocycles. The van der Waals surface area contributed by atoms with Crippen LogP contribution in [0.2, 0.25) is 0 Å². The summed E-state index contributed by atoms with van der Waals surface area (Å²) in [6.07, 6.45) is 0. The molecule has 82 valence electrons. The van der Waals surface area contributed by atoms with Crippen molar-refractivity contribution in [1.82, 2.24) is 10.1 Å². The van der Waals surface area contributed by atoms with Crippen LogP contribution in [0.5, 0.6) is 0 Å². The van der Waals surface area contributed by atoms with E-state index in [9.17, 15) is 9.18 Å². The summed E-state index contributed by atoms with van der Waals surface area (Å²) in [5, 5.41) is 11.8. The summed E-state index contributed by atoms with van der Waals surface area (Å²) >= 11 is 0. The normalized spacial score (nSPS) is 10.4. The highest BCUT2D eigenvalue weighted by atomic mass is 19.1. The third-order valence-corrected chi connectivity index (χ3v) is 2.04. The van der Waals surface area contributed by atoms with Crippen molar-refractivity contribution in [3.8, 4) is 11.5 Å². The predicted molar refractivity (Wildman–Crippen MR) is 51.4 cm³/mol. The van der Waals surface area contributed by atoms with Gasteiger partial charge < -0.3 is 9.63 Å². The minimum atomic E-state index is -1.32. The van der Waals surface area contributed by atoms with Gasteiger partial charge in [-0.2, -0.15) is 4.98 Å². The fraction of sp³-hybridized carbons (Fsp3) is 0.100. The molecule has 0 fully saturated rings. The molecule has 0 aliphatic heterocycles. The van der Waals surface area contributed by atoms with E-state index in [1.807, 2.05) is 0 Å². The summed E-state index contributed by atoms with van der Waals surface area (Å²) < 4.78 is 18.3. The zero-order chi connectivity index (χ0) is 11.7. The summed E-state index contributed by atoms with van der Waals surface area (Å²) in [5.74, 6) is -2.44. The topological polar surface area (TPSA) is 76.2 Å². The lowest BCUT2D eigenvalue weighted by Gasteiger charge is -1.99. The van der Waals surface area contributed by atoms with Gasteiger partial charge in [0, 0.05) is 0 Å². The van der Waals surface area contributed by atoms with Gasteiger partial charge in [0.15, 0.2) is 0 Å². The van der Waals surface area contributed by atoms with Crippen LogP contribution in [-0.4, -0.2) is 21.2 Å². The van der Waals surface area contributed by atoms with Gasteiger partial charge in [0.2, 0.25) is 0 Å². The second-order valence-electron chi connectivity index (χ2n) is 3.16. The van der Waals surface area contributed by atoms with Crippen LogP contribution in [0.1, 0.15) is 16.2 Å². The molecule has 16 heavy (non-hydrogen) atoms. The molecular formula is C10H7FN2O3. The molecule has 0 bridgehead atoms. The Bertz CT molecular complexity index is 551. The van der Waals surface area contributed by atoms with E-state index < -0.39 is 17.6 Å². The summed E-state index contributed by atoms with van der Waals surface area (Å²) in [7, 11) is 0. The van der Waals surface area contributed by atoms with Crippen LogP contribution in [0.15, 0.2) is 22.7 Å². The molecular weight excluding hydrogens is 215 g/mol. The van der Waals surface area contributed by atoms with E-state index in [4.69, 9.17) is 5.11 Å². The maximum absolute atomic E-state index is 13.6. The van der Waals surface area contributed by atoms with Crippen molar-refractivity contribution in [2.75, 3.05) is 0 Å². The molecule has 0 radical (unpaired) electrons. The molecule has 0 aliphatic rings. The van der Waals surface area contributed by atoms with Crippen LogP contribution in [0.3, 0.4) is 0 Å². The smallest absolute Gasteiger partial charge is 0.377 e. The molecule has 1 N–H and O–H groups in total. The number of carboxylic acid groups (broad SMARTS) is 1. The second kappa shape index (κ2) is 3.73. The van der Waals surface area contributed by atoms with Crippen LogP contribution in [-0.2, 0) is 0 Å². The van der Waals surface area contributed by atoms with E-state index in [0.717, 1.165) is 0 Å². The largest absolute Gasteiger partial charge is 0.475 e. The summed E-state index contributed by atoms with van der Waals surface area (Å²) in [6, 6.07) is 4.66. The van der Waals surface area contributed by atoms with Crippen molar-refractivity contribution in [3.05, 3.63) is 35.4 Å². The number of rotatable bonds is 2. The van der Waals surface area contributed by atoms with Crippen LogP contribution < -0.4 is 0 Å². The lowest BCUT2D eigenvalue weighted by molar-refractivity contribution is 0.0680. The number of hydrogen-bond donors (Lipinski definition) is 1. The fourth-order valence-electron chi connectivity index (χ4n) is 1.23. The molecule has 0 saturated heterocycles. The molecule has 6 heteroatoms. The maximum Gasteiger partial charge on any atom is 0.377 e. The number of carboxylic acids is 1. The molecule has 5 nitrogen and oxygen atoms in total. The highest BCUT2D eigenvalue weighted by Crippen LogP contribution is 2.22. The third kappa shape index (κ3) is 1.65. The van der Waals surface area contributed by atoms with Crippen molar-refractivity contribution < 1.29 is 18.8 Å². The Balaban J connectivity index is 2.50. The molecule has 1 heterocycles. The lowest BCUT2D eigenvalue weighted by atomic mass is 10.1. The first-order valence-electron chi connectivity index (χ1n) is 4.42. The average Bonchev–Trinajstić information content (AvgIpc) is 2.71. The van der Waals surface area contributed by atoms with Crippen LogP contribution in [0.4, 0.5) is 4.39 Å². The van der Waals surface area contributed by atoms with Crippen molar-refractivity contribution in [2.24, 2.45) is 0 Å². The van der Waals surface area contributed by atoms with Gasteiger partial charge in [-0.25, -0.2) is 9.18 Å². The molecule has 0 spiro atoms. The highest BCUT2D eigenvalue weighted by molar-refractivity contribution is 5.83. The van der Waals surface area contributed by atoms with Gasteiger partial charge in [-0.15, -0.1) is 0 Å². The molecule has 2 aromatic rings. The molecule has 0 amide bonds. The zero-order valence-corrected chi connectivity index (χ0v) is 8.27. The van der Waals surface area contributed by atoms with E-state index >= 15 is 0 Å². The van der Waals surface area contributed by atoms with Crippen molar-refractivity contribution in [1.29, 1.82) is 0 Å². The molecule has 0 atom stereocenters. The van der Waals surface area contributed by atoms with E-state index in [0.29, 0.717) is 5.56 Å². The Morgan fingerprint density at radius 2 is 2.25 bits per heavy atom. The van der Waals surface area contributed by atoms with E-state index in [2.05, 4.69) is 14.7 Å². The van der Waals surface area contributed by atoms with Gasteiger partial charge in [0.05, 0.1) is 5.56 Å². The first-order valence-corrected chi connectivity index (χ1v) is 4.42. The molecule has 0 unspecified atom stereocenters. The van der Waals surface area contributed by atoms with E-state index in [-0.39, 0.29) is 11.5 Å². The third-order valence-electron chi connectivity index (χ3n) is 2.04. The molecule has 1 aromatic carbocycles. The molecule has 0 saturated carbocycles. The van der Waals surface area contributed by atoms with Crippen molar-refractivity contribution >= 4 is 5.97 Å². The Kier molecular flexibility index (Phi) is 2.40. The SMILES string of the molecule is Cc1cccc(-c2nc(C(=O)O)no2)c1F. The standard InChI is InChI=1S/C10H7FN2O3/c1-5-3-2-4-6(7(5)11)9-12-8(10(14)15)13-16-9/h2-4H,1H3,(H,14,15). The number of benzene rings is 1. The Morgan fingerprint density at radius 3 is 2.88 bits per heavy atom. The zero-order valence-electron chi connectivity index (χ0n) is 8.27. The summed E-state index contributed by atoms with van der Waals surface area (Å²) in [6.45, 7) is 1.59. The van der Waals surface area contributed by atoms with Crippen LogP contribution in [0, 0.1) is 12.7 Å². The first kappa shape index (κ1) is 10.3. The summed E-state index contributed by atoms with van der Waals surface area (Å²) in [5.41, 5.74) is 0.521. The monoisotopic (exact) mass is 222 g/mol. The Morgan fingerprint density at radius 1 is 1.50 bits per heavy atom. The first-order chi connectivity index (χ1) is 7.59. The predicted octanol–water partition coefficient (Wildman–Crippen LogP) is 1.88. The number of aromatic carboxylic acids is 1. The lowest BCUT2D eigenvalue weighted by Crippen LogP contribution is -1.98. The Labute approximate surface area is 89.5 Å². The number of hydrogen-bond acceptors (Lipinski definition) is 4. The van der Waals surface area contributed by atoms with Gasteiger partial charge in [-0.3, -0.25) is 0 Å². The second-order valence-corrected chi connectivity index (χ2v) is 3.16. The minimum absolute atomic E-state index is 0.0972. The van der Waals surface area contributed by atoms with Crippen molar-refractivity contribution in [2.45, 2.75) is 6.92 Å². The fourth-order valence-corrected chi connectivity index (χ4v) is 1.23. The van der Waals surface area contributed by atoms with E-state index in [1.54, 1.807) is 19.1 Å². The number of nitrogens with zero attached hydrogens (tertiary/aromatic N) is 2. The van der Waals surface area contributed by atoms with Crippen molar-refractivity contribution in [3.63, 3.8) is 0 Å². The number of halogens is 1. The Hall–Kier alpha value is -2.24. The van der Waals surface area contributed by atoms with Gasteiger partial charge in [-0.1, -0.05) is 12.1 Å². The highest BCUT2D eigenvalue weighted by Gasteiger charge is 2.17. The summed E-state index contributed by atoms with van der Waals surface area (Å²) in [4.78, 5) is 14.1. The van der Waals surface area contributed by atoms with Crippen LogP contribution >= 0.6 is 0 Å². The molecule has 0 aliphatic carbocycles. The number of aromatic nitrogens is 2. The van der Waals surface area contributed by atoms with Gasteiger partial charge in [0.25, 0.3) is 11.7 Å². The van der Waals surface area contributed by atoms with Gasteiger partial charge in [0.1, 0.15) is 5.82 Å². The quantitative estimate of drug-likeness (QED) is 0.839. The van der Waals surface area contributed by atoms with Gasteiger partial charge in [-0.05, 0) is 23.7 Å². The van der Waals surface area contributed by atoms with E-state index in [1.165, 1.54) is 6.07 Å². The van der Waals surface area contributed by atoms with Crippen LogP contribution in [0.25, 0.3) is 11.5 Å². The minimum Gasteiger partial charge on any atom is -0.475 e. The maximum atomic E-state index is 13.6.